The molecule has 2 amide bonds. The van der Waals surface area contributed by atoms with E-state index in [1.165, 1.54) is 0 Å². The molecule has 8 rings (SSSR count). The quantitative estimate of drug-likeness (QED) is 0.420. The van der Waals surface area contributed by atoms with Gasteiger partial charge in [0.25, 0.3) is 5.91 Å². The number of amides is 2. The molecule has 11 nitrogen and oxygen atoms in total. The van der Waals surface area contributed by atoms with Crippen LogP contribution < -0.4 is 31.0 Å². The SMILES string of the molecule is COc1ccc2c(c1)[C@]1(C[C@H]1C1CCC3C(C1)NNC3Nc1ccc(C(=O)N3CC4(COC4)C3)nc1OC)C(=O)N2. The van der Waals surface area contributed by atoms with E-state index in [9.17, 15) is 9.59 Å². The molecule has 1 aromatic carbocycles. The van der Waals surface area contributed by atoms with Crippen LogP contribution in [0.5, 0.6) is 11.6 Å². The Balaban J connectivity index is 0.920. The third kappa shape index (κ3) is 3.78. The van der Waals surface area contributed by atoms with Crippen LogP contribution in [0.2, 0.25) is 0 Å². The molecule has 41 heavy (non-hydrogen) atoms. The number of aromatic nitrogens is 1. The van der Waals surface area contributed by atoms with Crippen LogP contribution in [0.15, 0.2) is 30.3 Å². The zero-order valence-corrected chi connectivity index (χ0v) is 23.4. The third-order valence-corrected chi connectivity index (χ3v) is 10.5. The number of anilines is 2. The van der Waals surface area contributed by atoms with Crippen molar-refractivity contribution in [2.45, 2.75) is 43.3 Å². The van der Waals surface area contributed by atoms with Crippen molar-refractivity contribution in [3.63, 3.8) is 0 Å². The summed E-state index contributed by atoms with van der Waals surface area (Å²) in [4.78, 5) is 32.5. The van der Waals surface area contributed by atoms with Gasteiger partial charge in [-0.25, -0.2) is 10.4 Å². The average molecular weight is 561 g/mol. The molecular weight excluding hydrogens is 524 g/mol. The van der Waals surface area contributed by atoms with Gasteiger partial charge in [0.15, 0.2) is 0 Å². The molecule has 0 radical (unpaired) electrons. The fraction of sp³-hybridized carbons (Fsp3) is 0.567. The van der Waals surface area contributed by atoms with Crippen molar-refractivity contribution in [1.29, 1.82) is 0 Å². The molecule has 6 atom stereocenters. The van der Waals surface area contributed by atoms with Crippen LogP contribution in [0.3, 0.4) is 0 Å². The molecule has 0 bridgehead atoms. The highest BCUT2D eigenvalue weighted by Gasteiger charge is 2.67. The second-order valence-electron chi connectivity index (χ2n) is 12.8. The zero-order valence-electron chi connectivity index (χ0n) is 23.4. The number of methoxy groups -OCH3 is 2. The van der Waals surface area contributed by atoms with Crippen LogP contribution in [0.25, 0.3) is 0 Å². The molecule has 3 saturated heterocycles. The highest BCUT2D eigenvalue weighted by Crippen LogP contribution is 2.65. The van der Waals surface area contributed by atoms with Gasteiger partial charge in [0.2, 0.25) is 11.8 Å². The maximum absolute atomic E-state index is 13.1. The topological polar surface area (TPSA) is 126 Å². The Morgan fingerprint density at radius 3 is 2.73 bits per heavy atom. The van der Waals surface area contributed by atoms with E-state index in [0.29, 0.717) is 35.4 Å². The summed E-state index contributed by atoms with van der Waals surface area (Å²) in [5.41, 5.74) is 9.90. The van der Waals surface area contributed by atoms with Gasteiger partial charge in [-0.2, -0.15) is 0 Å². The first-order valence-electron chi connectivity index (χ1n) is 14.6. The van der Waals surface area contributed by atoms with Crippen LogP contribution in [0, 0.1) is 23.2 Å². The van der Waals surface area contributed by atoms with Gasteiger partial charge < -0.3 is 29.7 Å². The summed E-state index contributed by atoms with van der Waals surface area (Å²) in [6.45, 7) is 2.93. The number of likely N-dealkylation sites (tertiary alicyclic amines) is 1. The van der Waals surface area contributed by atoms with E-state index in [4.69, 9.17) is 14.2 Å². The van der Waals surface area contributed by atoms with Crippen LogP contribution in [0.4, 0.5) is 11.4 Å². The standard InChI is InChI=1S/C30H36N6O5/c1-39-17-4-6-21-19(10-17)30(28(38)33-21)11-20(30)16-3-5-18-24(9-16)34-35-25(18)31-22-7-8-23(32-26(22)40-2)27(37)36-12-29(13-36)14-41-15-29/h4,6-8,10,16,18,20,24-25,31,34-35H,3,5,9,11-15H2,1-2H3,(H,33,38)/t16?,18?,20-,24?,25?,30-/m0/s1. The van der Waals surface area contributed by atoms with Crippen LogP contribution in [-0.4, -0.2) is 74.4 Å². The minimum atomic E-state index is -0.411. The number of rotatable bonds is 6. The molecule has 11 heteroatoms. The van der Waals surface area contributed by atoms with Gasteiger partial charge in [-0.05, 0) is 73.4 Å². The van der Waals surface area contributed by atoms with E-state index in [-0.39, 0.29) is 23.4 Å². The molecule has 6 aliphatic rings. The Kier molecular flexibility index (Phi) is 5.58. The molecule has 1 aromatic heterocycles. The lowest BCUT2D eigenvalue weighted by Gasteiger charge is -2.54. The largest absolute Gasteiger partial charge is 0.497 e. The Labute approximate surface area is 238 Å². The van der Waals surface area contributed by atoms with Gasteiger partial charge in [-0.3, -0.25) is 15.0 Å². The Hall–Kier alpha value is -3.41. The number of benzene rings is 1. The van der Waals surface area contributed by atoms with Gasteiger partial charge in [-0.1, -0.05) is 0 Å². The molecule has 2 spiro atoms. The molecule has 2 aliphatic carbocycles. The number of ether oxygens (including phenoxy) is 3. The average Bonchev–Trinajstić information content (AvgIpc) is 3.49. The van der Waals surface area contributed by atoms with Gasteiger partial charge in [0.05, 0.1) is 50.1 Å². The van der Waals surface area contributed by atoms with E-state index in [1.54, 1.807) is 20.3 Å². The molecular formula is C30H36N6O5. The molecule has 4 aliphatic heterocycles. The summed E-state index contributed by atoms with van der Waals surface area (Å²) >= 11 is 0. The fourth-order valence-electron chi connectivity index (χ4n) is 8.15. The predicted molar refractivity (Wildman–Crippen MR) is 150 cm³/mol. The Bertz CT molecular complexity index is 1420. The van der Waals surface area contributed by atoms with Crippen molar-refractivity contribution in [3.8, 4) is 11.6 Å². The minimum Gasteiger partial charge on any atom is -0.497 e. The van der Waals surface area contributed by atoms with E-state index in [1.807, 2.05) is 29.2 Å². The number of pyridine rings is 1. The highest BCUT2D eigenvalue weighted by molar-refractivity contribution is 6.09. The lowest BCUT2D eigenvalue weighted by atomic mass is 9.74. The summed E-state index contributed by atoms with van der Waals surface area (Å²) in [6, 6.07) is 9.87. The number of hydrogen-bond donors (Lipinski definition) is 4. The van der Waals surface area contributed by atoms with Crippen molar-refractivity contribution in [3.05, 3.63) is 41.6 Å². The lowest BCUT2D eigenvalue weighted by molar-refractivity contribution is -0.176. The molecule has 5 heterocycles. The van der Waals surface area contributed by atoms with Crippen LogP contribution in [0.1, 0.15) is 41.7 Å². The van der Waals surface area contributed by atoms with Crippen molar-refractivity contribution < 1.29 is 23.8 Å². The maximum atomic E-state index is 13.1. The second kappa shape index (κ2) is 9.04. The third-order valence-electron chi connectivity index (χ3n) is 10.5. The van der Waals surface area contributed by atoms with Crippen molar-refractivity contribution in [2.75, 3.05) is 51.2 Å². The van der Waals surface area contributed by atoms with Gasteiger partial charge in [0, 0.05) is 30.7 Å². The van der Waals surface area contributed by atoms with E-state index in [2.05, 4.69) is 26.5 Å². The monoisotopic (exact) mass is 560 g/mol. The number of hydrogen-bond acceptors (Lipinski definition) is 9. The number of hydrazine groups is 1. The maximum Gasteiger partial charge on any atom is 0.272 e. The molecule has 4 N–H and O–H groups in total. The van der Waals surface area contributed by atoms with Crippen molar-refractivity contribution in [2.24, 2.45) is 23.2 Å². The fourth-order valence-corrected chi connectivity index (χ4v) is 8.15. The Morgan fingerprint density at radius 1 is 1.12 bits per heavy atom. The van der Waals surface area contributed by atoms with Gasteiger partial charge in [0.1, 0.15) is 11.4 Å². The van der Waals surface area contributed by atoms with E-state index < -0.39 is 5.41 Å². The van der Waals surface area contributed by atoms with Crippen molar-refractivity contribution in [1.82, 2.24) is 20.7 Å². The Morgan fingerprint density at radius 2 is 1.98 bits per heavy atom. The first-order valence-corrected chi connectivity index (χ1v) is 14.6. The molecule has 2 aromatic rings. The summed E-state index contributed by atoms with van der Waals surface area (Å²) in [6.07, 6.45) is 4.03. The number of nitrogens with one attached hydrogen (secondary N) is 4. The summed E-state index contributed by atoms with van der Waals surface area (Å²) in [5.74, 6) is 2.47. The number of fused-ring (bicyclic) bond motifs is 3. The molecule has 2 saturated carbocycles. The predicted octanol–water partition coefficient (Wildman–Crippen LogP) is 2.11. The summed E-state index contributed by atoms with van der Waals surface area (Å²) in [5, 5.41) is 6.69. The van der Waals surface area contributed by atoms with E-state index >= 15 is 0 Å². The van der Waals surface area contributed by atoms with Crippen LogP contribution in [-0.2, 0) is 14.9 Å². The first kappa shape index (κ1) is 25.3. The van der Waals surface area contributed by atoms with Crippen molar-refractivity contribution >= 4 is 23.2 Å². The number of nitrogens with zero attached hydrogens (tertiary/aromatic N) is 2. The highest BCUT2D eigenvalue weighted by atomic mass is 16.5. The first-order chi connectivity index (χ1) is 19.9. The lowest BCUT2D eigenvalue weighted by Crippen LogP contribution is -2.67. The summed E-state index contributed by atoms with van der Waals surface area (Å²) < 4.78 is 16.4. The normalized spacial score (nSPS) is 33.9. The molecule has 5 fully saturated rings. The molecule has 4 unspecified atom stereocenters. The van der Waals surface area contributed by atoms with Crippen LogP contribution >= 0.6 is 0 Å². The summed E-state index contributed by atoms with van der Waals surface area (Å²) in [7, 11) is 3.25. The zero-order chi connectivity index (χ0) is 27.9. The number of carbonyl (C=O) groups excluding carboxylic acids is 2. The number of carbonyl (C=O) groups is 2. The minimum absolute atomic E-state index is 0.0000111. The molecule has 216 valence electrons. The van der Waals surface area contributed by atoms with Gasteiger partial charge >= 0.3 is 0 Å². The van der Waals surface area contributed by atoms with E-state index in [0.717, 1.165) is 74.7 Å². The van der Waals surface area contributed by atoms with Gasteiger partial charge in [-0.15, -0.1) is 0 Å². The smallest absolute Gasteiger partial charge is 0.272 e. The second-order valence-corrected chi connectivity index (χ2v) is 12.8.